The Morgan fingerprint density at radius 1 is 1.30 bits per heavy atom. The number of anilines is 1. The summed E-state index contributed by atoms with van der Waals surface area (Å²) >= 11 is 8.26. The van der Waals surface area contributed by atoms with E-state index in [0.29, 0.717) is 23.2 Å². The molecule has 162 valence electrons. The van der Waals surface area contributed by atoms with E-state index in [9.17, 15) is 9.46 Å². The van der Waals surface area contributed by atoms with Crippen LogP contribution in [0.15, 0.2) is 43.9 Å². The standard InChI is InChI=1S/C20H23Br2N2O4PS/c1-4-15(12-8-13(21)10-14(22)9-12)28-29(25,26)16-5-6-27-19(16)18-17(7-11(2)3)30-20(23)24-18/h5-6,8-11,15H,4,7H2,1-3H3,(H2,23,24)(H,25,26). The summed E-state index contributed by atoms with van der Waals surface area (Å²) in [5.41, 5.74) is 7.21. The molecule has 2 atom stereocenters. The monoisotopic (exact) mass is 576 g/mol. The van der Waals surface area contributed by atoms with Crippen molar-refractivity contribution in [3.05, 3.63) is 49.9 Å². The summed E-state index contributed by atoms with van der Waals surface area (Å²) in [4.78, 5) is 16.2. The quantitative estimate of drug-likeness (QED) is 0.289. The zero-order valence-corrected chi connectivity index (χ0v) is 21.6. The molecule has 2 heterocycles. The number of thiazole rings is 1. The highest BCUT2D eigenvalue weighted by molar-refractivity contribution is 9.11. The summed E-state index contributed by atoms with van der Waals surface area (Å²) < 4.78 is 26.4. The number of nitrogens with zero attached hydrogens (tertiary/aromatic N) is 1. The highest BCUT2D eigenvalue weighted by Gasteiger charge is 2.34. The summed E-state index contributed by atoms with van der Waals surface area (Å²) in [6, 6.07) is 7.11. The van der Waals surface area contributed by atoms with Gasteiger partial charge < -0.3 is 15.0 Å². The van der Waals surface area contributed by atoms with Gasteiger partial charge >= 0.3 is 7.60 Å². The minimum absolute atomic E-state index is 0.0883. The lowest BCUT2D eigenvalue weighted by atomic mass is 10.1. The number of aromatic nitrogens is 1. The summed E-state index contributed by atoms with van der Waals surface area (Å²) in [5.74, 6) is 0.605. The molecule has 0 aliphatic heterocycles. The number of hydrogen-bond acceptors (Lipinski definition) is 6. The van der Waals surface area contributed by atoms with Crippen LogP contribution in [-0.2, 0) is 15.5 Å². The van der Waals surface area contributed by atoms with Crippen LogP contribution >= 0.6 is 50.8 Å². The van der Waals surface area contributed by atoms with Crippen LogP contribution in [0.3, 0.4) is 0 Å². The third kappa shape index (κ3) is 5.44. The van der Waals surface area contributed by atoms with E-state index in [0.717, 1.165) is 25.8 Å². The molecule has 0 bridgehead atoms. The number of halogens is 2. The smallest absolute Gasteiger partial charge is 0.363 e. The van der Waals surface area contributed by atoms with Crippen LogP contribution in [0, 0.1) is 5.92 Å². The molecule has 0 aliphatic carbocycles. The van der Waals surface area contributed by atoms with Gasteiger partial charge in [-0.25, -0.2) is 4.98 Å². The topological polar surface area (TPSA) is 98.6 Å². The maximum Gasteiger partial charge on any atom is 0.363 e. The molecule has 0 amide bonds. The van der Waals surface area contributed by atoms with Gasteiger partial charge in [0.1, 0.15) is 11.0 Å². The van der Waals surface area contributed by atoms with Gasteiger partial charge in [0.15, 0.2) is 10.9 Å². The van der Waals surface area contributed by atoms with Gasteiger partial charge in [-0.15, -0.1) is 11.3 Å². The summed E-state index contributed by atoms with van der Waals surface area (Å²) in [5, 5.41) is 0.479. The number of nitrogens with two attached hydrogens (primary N) is 1. The molecule has 0 fully saturated rings. The van der Waals surface area contributed by atoms with Crippen LogP contribution < -0.4 is 11.0 Å². The number of hydrogen-bond donors (Lipinski definition) is 2. The Labute approximate surface area is 196 Å². The second-order valence-electron chi connectivity index (χ2n) is 7.28. The maximum absolute atomic E-state index is 13.3. The fourth-order valence-electron chi connectivity index (χ4n) is 3.12. The molecule has 10 heteroatoms. The van der Waals surface area contributed by atoms with Crippen LogP contribution in [0.4, 0.5) is 5.13 Å². The fourth-order valence-corrected chi connectivity index (χ4v) is 6.88. The zero-order chi connectivity index (χ0) is 22.1. The van der Waals surface area contributed by atoms with Crippen molar-refractivity contribution < 1.29 is 18.4 Å². The minimum Gasteiger partial charge on any atom is -0.462 e. The predicted molar refractivity (Wildman–Crippen MR) is 128 cm³/mol. The maximum atomic E-state index is 13.3. The van der Waals surface area contributed by atoms with Crippen molar-refractivity contribution in [2.45, 2.75) is 39.7 Å². The van der Waals surface area contributed by atoms with Crippen molar-refractivity contribution in [2.24, 2.45) is 5.92 Å². The first-order chi connectivity index (χ1) is 14.1. The van der Waals surface area contributed by atoms with E-state index in [1.165, 1.54) is 23.7 Å². The van der Waals surface area contributed by atoms with E-state index in [1.54, 1.807) is 0 Å². The molecule has 0 saturated heterocycles. The van der Waals surface area contributed by atoms with E-state index in [1.807, 2.05) is 25.1 Å². The van der Waals surface area contributed by atoms with Gasteiger partial charge in [0.2, 0.25) is 0 Å². The first kappa shape index (κ1) is 23.7. The van der Waals surface area contributed by atoms with Crippen LogP contribution in [0.1, 0.15) is 43.7 Å². The largest absolute Gasteiger partial charge is 0.462 e. The lowest BCUT2D eigenvalue weighted by Gasteiger charge is -2.21. The van der Waals surface area contributed by atoms with E-state index < -0.39 is 13.7 Å². The average Bonchev–Trinajstić information content (AvgIpc) is 3.25. The first-order valence-corrected chi connectivity index (χ1v) is 13.4. The Morgan fingerprint density at radius 2 is 1.97 bits per heavy atom. The van der Waals surface area contributed by atoms with Crippen molar-refractivity contribution in [3.63, 3.8) is 0 Å². The summed E-state index contributed by atoms with van der Waals surface area (Å²) in [6.07, 6.45) is 2.06. The van der Waals surface area contributed by atoms with Gasteiger partial charge in [-0.3, -0.25) is 9.09 Å². The van der Waals surface area contributed by atoms with Crippen LogP contribution in [0.5, 0.6) is 0 Å². The van der Waals surface area contributed by atoms with Gasteiger partial charge in [-0.05, 0) is 48.6 Å². The van der Waals surface area contributed by atoms with E-state index in [2.05, 4.69) is 50.7 Å². The third-order valence-electron chi connectivity index (χ3n) is 4.37. The molecule has 3 N–H and O–H groups in total. The molecule has 2 aromatic heterocycles. The Bertz CT molecular complexity index is 1060. The second-order valence-corrected chi connectivity index (χ2v) is 12.0. The number of furan rings is 1. The molecule has 3 aromatic rings. The second kappa shape index (κ2) is 9.67. The summed E-state index contributed by atoms with van der Waals surface area (Å²) in [7, 11) is -4.21. The van der Waals surface area contributed by atoms with Crippen LogP contribution in [0.25, 0.3) is 11.5 Å². The van der Waals surface area contributed by atoms with E-state index >= 15 is 0 Å². The van der Waals surface area contributed by atoms with Crippen molar-refractivity contribution in [1.82, 2.24) is 4.98 Å². The van der Waals surface area contributed by atoms with Gasteiger partial charge in [0, 0.05) is 13.8 Å². The highest BCUT2D eigenvalue weighted by Crippen LogP contribution is 2.50. The lowest BCUT2D eigenvalue weighted by molar-refractivity contribution is 0.178. The summed E-state index contributed by atoms with van der Waals surface area (Å²) in [6.45, 7) is 6.08. The third-order valence-corrected chi connectivity index (χ3v) is 7.69. The van der Waals surface area contributed by atoms with Gasteiger partial charge in [-0.2, -0.15) is 0 Å². The van der Waals surface area contributed by atoms with Crippen LogP contribution in [-0.4, -0.2) is 9.88 Å². The van der Waals surface area contributed by atoms with Crippen molar-refractivity contribution >= 4 is 61.2 Å². The Balaban J connectivity index is 1.97. The molecular formula is C20H23Br2N2O4PS. The number of benzene rings is 1. The molecule has 30 heavy (non-hydrogen) atoms. The SMILES string of the molecule is CCC(OP(=O)(O)c1ccoc1-c1nc(N)sc1CC(C)C)c1cc(Br)cc(Br)c1. The molecule has 1 aromatic carbocycles. The first-order valence-electron chi connectivity index (χ1n) is 9.41. The molecule has 0 saturated carbocycles. The number of nitrogen functional groups attached to an aromatic ring is 1. The molecule has 3 rings (SSSR count). The fraction of sp³-hybridized carbons (Fsp3) is 0.350. The molecule has 0 aliphatic rings. The van der Waals surface area contributed by atoms with E-state index in [4.69, 9.17) is 14.7 Å². The highest BCUT2D eigenvalue weighted by atomic mass is 79.9. The lowest BCUT2D eigenvalue weighted by Crippen LogP contribution is -2.12. The minimum atomic E-state index is -4.21. The van der Waals surface area contributed by atoms with Crippen LogP contribution in [0.2, 0.25) is 0 Å². The number of rotatable bonds is 8. The zero-order valence-electron chi connectivity index (χ0n) is 16.8. The normalized spacial score (nSPS) is 14.8. The Kier molecular flexibility index (Phi) is 7.64. The molecular weight excluding hydrogens is 555 g/mol. The molecule has 2 unspecified atom stereocenters. The molecule has 0 spiro atoms. The molecule has 6 nitrogen and oxygen atoms in total. The van der Waals surface area contributed by atoms with Gasteiger partial charge in [-0.1, -0.05) is 52.6 Å². The molecule has 0 radical (unpaired) electrons. The van der Waals surface area contributed by atoms with Crippen molar-refractivity contribution in [1.29, 1.82) is 0 Å². The van der Waals surface area contributed by atoms with Crippen molar-refractivity contribution in [3.8, 4) is 11.5 Å². The van der Waals surface area contributed by atoms with Crippen molar-refractivity contribution in [2.75, 3.05) is 5.73 Å². The Morgan fingerprint density at radius 3 is 2.57 bits per heavy atom. The van der Waals surface area contributed by atoms with Gasteiger partial charge in [0.25, 0.3) is 0 Å². The van der Waals surface area contributed by atoms with Gasteiger partial charge in [0.05, 0.1) is 12.4 Å². The van der Waals surface area contributed by atoms with E-state index in [-0.39, 0.29) is 11.1 Å². The average molecular weight is 578 g/mol. The predicted octanol–water partition coefficient (Wildman–Crippen LogP) is 6.69. The Hall–Kier alpha value is -0.960.